The first-order chi connectivity index (χ1) is 15.7. The van der Waals surface area contributed by atoms with Gasteiger partial charge in [0.2, 0.25) is 5.43 Å². The highest BCUT2D eigenvalue weighted by atomic mass is 35.5. The summed E-state index contributed by atoms with van der Waals surface area (Å²) in [6.45, 7) is 0.943. The molecule has 1 amide bonds. The summed E-state index contributed by atoms with van der Waals surface area (Å²) >= 11 is 5.77. The minimum Gasteiger partial charge on any atom is -0.343 e. The first-order valence-electron chi connectivity index (χ1n) is 9.31. The van der Waals surface area contributed by atoms with E-state index in [0.717, 1.165) is 19.1 Å². The van der Waals surface area contributed by atoms with Crippen LogP contribution in [0.2, 0.25) is 5.15 Å². The number of pyridine rings is 2. The van der Waals surface area contributed by atoms with Crippen molar-refractivity contribution in [2.45, 2.75) is 31.5 Å². The molecule has 2 aromatic heterocycles. The minimum absolute atomic E-state index is 0.253. The lowest BCUT2D eigenvalue weighted by Gasteiger charge is -2.28. The van der Waals surface area contributed by atoms with Crippen molar-refractivity contribution >= 4 is 28.5 Å². The maximum absolute atomic E-state index is 14.4. The molecule has 3 rings (SSSR count). The molecule has 0 aliphatic carbocycles. The number of rotatable bonds is 5. The highest BCUT2D eigenvalue weighted by molar-refractivity contribution is 6.29. The number of hydrogen-bond donors (Lipinski definition) is 1. The van der Waals surface area contributed by atoms with E-state index in [1.54, 1.807) is 0 Å². The first kappa shape index (κ1) is 25.4. The molecule has 2 heterocycles. The van der Waals surface area contributed by atoms with Gasteiger partial charge >= 0.3 is 12.1 Å². The van der Waals surface area contributed by atoms with Gasteiger partial charge in [-0.15, -0.1) is 0 Å². The average molecular weight is 514 g/mol. The molecule has 0 saturated heterocycles. The van der Waals surface area contributed by atoms with Crippen molar-refractivity contribution in [3.05, 3.63) is 68.9 Å². The van der Waals surface area contributed by atoms with Gasteiger partial charge in [0, 0.05) is 18.3 Å². The summed E-state index contributed by atoms with van der Waals surface area (Å²) in [6.07, 6.45) is -6.40. The molecule has 1 N–H and O–H groups in total. The number of nitrogens with zero attached hydrogens (tertiary/aromatic N) is 2. The lowest BCUT2D eigenvalue weighted by molar-refractivity contribution is -0.292. The highest BCUT2D eigenvalue weighted by Crippen LogP contribution is 2.39. The van der Waals surface area contributed by atoms with Crippen molar-refractivity contribution < 1.29 is 39.9 Å². The highest BCUT2D eigenvalue weighted by Gasteiger charge is 2.62. The van der Waals surface area contributed by atoms with E-state index in [-0.39, 0.29) is 17.3 Å². The molecular formula is C20H12ClF8N3O2. The zero-order valence-electron chi connectivity index (χ0n) is 16.8. The van der Waals surface area contributed by atoms with Crippen LogP contribution < -0.4 is 10.7 Å². The predicted molar refractivity (Wildman–Crippen MR) is 105 cm³/mol. The number of fused-ring (bicyclic) bond motifs is 1. The van der Waals surface area contributed by atoms with Gasteiger partial charge in [-0.3, -0.25) is 14.2 Å². The van der Waals surface area contributed by atoms with Gasteiger partial charge in [-0.05, 0) is 18.6 Å². The molecule has 0 spiro atoms. The van der Waals surface area contributed by atoms with Crippen molar-refractivity contribution in [1.29, 1.82) is 0 Å². The number of hydrogen-bond acceptors (Lipinski definition) is 3. The number of amides is 1. The van der Waals surface area contributed by atoms with Crippen molar-refractivity contribution in [1.82, 2.24) is 14.9 Å². The second-order valence-corrected chi connectivity index (χ2v) is 7.41. The number of carbonyl (C=O) groups excluding carboxylic acids is 1. The molecule has 0 fully saturated rings. The number of nitrogens with one attached hydrogen (secondary N) is 1. The SMILES string of the molecule is CCC(NC(=O)c1cn(-c2c(F)cc(F)cc2F)c2nc(Cl)ccc2c1=O)C(F)(F)C(F)(F)F. The van der Waals surface area contributed by atoms with Crippen molar-refractivity contribution in [3.8, 4) is 5.69 Å². The topological polar surface area (TPSA) is 64.0 Å². The Morgan fingerprint density at radius 2 is 1.71 bits per heavy atom. The molecule has 0 bridgehead atoms. The van der Waals surface area contributed by atoms with E-state index < -0.39 is 75.6 Å². The third-order valence-electron chi connectivity index (χ3n) is 4.81. The number of alkyl halides is 5. The Balaban J connectivity index is 2.24. The first-order valence-corrected chi connectivity index (χ1v) is 9.69. The van der Waals surface area contributed by atoms with E-state index in [9.17, 15) is 44.7 Å². The maximum atomic E-state index is 14.4. The second kappa shape index (κ2) is 8.85. The Hall–Kier alpha value is -3.22. The third kappa shape index (κ3) is 4.43. The van der Waals surface area contributed by atoms with Crippen molar-refractivity contribution in [2.24, 2.45) is 0 Å². The van der Waals surface area contributed by atoms with Gasteiger partial charge in [0.25, 0.3) is 5.91 Å². The van der Waals surface area contributed by atoms with E-state index in [1.165, 1.54) is 5.32 Å². The molecule has 1 unspecified atom stereocenters. The number of halogens is 9. The van der Waals surface area contributed by atoms with Gasteiger partial charge in [0.15, 0.2) is 11.6 Å². The van der Waals surface area contributed by atoms with Gasteiger partial charge < -0.3 is 5.32 Å². The van der Waals surface area contributed by atoms with E-state index in [1.807, 2.05) is 0 Å². The number of aromatic nitrogens is 2. The fraction of sp³-hybridized carbons (Fsp3) is 0.250. The van der Waals surface area contributed by atoms with Gasteiger partial charge in [0.05, 0.1) is 5.39 Å². The van der Waals surface area contributed by atoms with Gasteiger partial charge in [-0.25, -0.2) is 18.2 Å². The summed E-state index contributed by atoms with van der Waals surface area (Å²) in [4.78, 5) is 29.2. The van der Waals surface area contributed by atoms with E-state index >= 15 is 0 Å². The Morgan fingerprint density at radius 3 is 2.24 bits per heavy atom. The molecule has 0 radical (unpaired) electrons. The fourth-order valence-electron chi connectivity index (χ4n) is 3.16. The van der Waals surface area contributed by atoms with Crippen LogP contribution in [0.4, 0.5) is 35.1 Å². The Kier molecular flexibility index (Phi) is 6.62. The molecule has 0 aliphatic rings. The van der Waals surface area contributed by atoms with Crippen LogP contribution in [0, 0.1) is 17.5 Å². The molecule has 182 valence electrons. The minimum atomic E-state index is -6.01. The van der Waals surface area contributed by atoms with Crippen molar-refractivity contribution in [2.75, 3.05) is 0 Å². The van der Waals surface area contributed by atoms with Crippen LogP contribution in [0.5, 0.6) is 0 Å². The standard InChI is InChI=1S/C20H12ClF8N3O2/c1-2-13(19(25,26)20(27,28)29)30-18(34)10-7-32(15-11(23)5-8(22)6-12(15)24)17-9(16(10)33)3-4-14(21)31-17/h3-7,13H,2H2,1H3,(H,30,34). The van der Waals surface area contributed by atoms with Crippen molar-refractivity contribution in [3.63, 3.8) is 0 Å². The molecule has 1 aromatic carbocycles. The van der Waals surface area contributed by atoms with E-state index in [2.05, 4.69) is 4.98 Å². The molecule has 5 nitrogen and oxygen atoms in total. The van der Waals surface area contributed by atoms with E-state index in [4.69, 9.17) is 11.6 Å². The molecular weight excluding hydrogens is 502 g/mol. The Labute approximate surface area is 190 Å². The summed E-state index contributed by atoms with van der Waals surface area (Å²) in [5, 5.41) is 0.718. The number of benzene rings is 1. The predicted octanol–water partition coefficient (Wildman–Crippen LogP) is 5.16. The van der Waals surface area contributed by atoms with E-state index in [0.29, 0.717) is 10.8 Å². The fourth-order valence-corrected chi connectivity index (χ4v) is 3.30. The lowest BCUT2D eigenvalue weighted by atomic mass is 10.1. The maximum Gasteiger partial charge on any atom is 0.455 e. The molecule has 0 aliphatic heterocycles. The lowest BCUT2D eigenvalue weighted by Crippen LogP contribution is -2.55. The van der Waals surface area contributed by atoms with Crippen LogP contribution in [0.15, 0.2) is 35.3 Å². The van der Waals surface area contributed by atoms with Gasteiger partial charge in [0.1, 0.15) is 33.9 Å². The summed E-state index contributed by atoms with van der Waals surface area (Å²) in [7, 11) is 0. The quantitative estimate of drug-likeness (QED) is 0.379. The molecule has 1 atom stereocenters. The van der Waals surface area contributed by atoms with Gasteiger partial charge in [-0.1, -0.05) is 18.5 Å². The molecule has 3 aromatic rings. The molecule has 14 heteroatoms. The number of carbonyl (C=O) groups is 1. The Morgan fingerprint density at radius 1 is 1.12 bits per heavy atom. The summed E-state index contributed by atoms with van der Waals surface area (Å²) in [6, 6.07) is -0.123. The summed E-state index contributed by atoms with van der Waals surface area (Å²) in [5.41, 5.74) is -3.73. The van der Waals surface area contributed by atoms with Crippen LogP contribution in [0.25, 0.3) is 16.7 Å². The zero-order valence-corrected chi connectivity index (χ0v) is 17.5. The summed E-state index contributed by atoms with van der Waals surface area (Å²) in [5.74, 6) is -11.3. The Bertz CT molecular complexity index is 1320. The zero-order chi connectivity index (χ0) is 25.6. The third-order valence-corrected chi connectivity index (χ3v) is 5.02. The largest absolute Gasteiger partial charge is 0.455 e. The van der Waals surface area contributed by atoms with Crippen LogP contribution in [-0.4, -0.2) is 33.6 Å². The second-order valence-electron chi connectivity index (χ2n) is 7.02. The average Bonchev–Trinajstić information content (AvgIpc) is 2.71. The summed E-state index contributed by atoms with van der Waals surface area (Å²) < 4.78 is 109. The normalized spacial score (nSPS) is 13.2. The van der Waals surface area contributed by atoms with Gasteiger partial charge in [-0.2, -0.15) is 22.0 Å². The van der Waals surface area contributed by atoms with Crippen LogP contribution in [-0.2, 0) is 0 Å². The smallest absolute Gasteiger partial charge is 0.343 e. The monoisotopic (exact) mass is 513 g/mol. The molecule has 34 heavy (non-hydrogen) atoms. The van der Waals surface area contributed by atoms with Crippen LogP contribution >= 0.6 is 11.6 Å². The molecule has 0 saturated carbocycles. The van der Waals surface area contributed by atoms with Crippen LogP contribution in [0.3, 0.4) is 0 Å². The van der Waals surface area contributed by atoms with Crippen LogP contribution in [0.1, 0.15) is 23.7 Å².